The molecule has 0 atom stereocenters. The van der Waals surface area contributed by atoms with E-state index < -0.39 is 0 Å². The van der Waals surface area contributed by atoms with Crippen LogP contribution in [0.15, 0.2) is 29.8 Å². The quantitative estimate of drug-likeness (QED) is 0.942. The van der Waals surface area contributed by atoms with E-state index in [1.165, 1.54) is 0 Å². The summed E-state index contributed by atoms with van der Waals surface area (Å²) in [6, 6.07) is 6.07. The van der Waals surface area contributed by atoms with E-state index in [1.807, 2.05) is 22.4 Å². The van der Waals surface area contributed by atoms with Gasteiger partial charge in [-0.15, -0.1) is 11.3 Å². The average molecular weight is 316 g/mol. The van der Waals surface area contributed by atoms with Gasteiger partial charge in [0.15, 0.2) is 5.13 Å². The van der Waals surface area contributed by atoms with Gasteiger partial charge in [0.25, 0.3) is 0 Å². The highest BCUT2D eigenvalue weighted by Crippen LogP contribution is 2.22. The number of likely N-dealkylation sites (tertiary alicyclic amines) is 1. The number of rotatable bonds is 4. The van der Waals surface area contributed by atoms with Crippen LogP contribution in [0, 0.1) is 5.92 Å². The number of carbonyl (C=O) groups is 1. The van der Waals surface area contributed by atoms with Crippen LogP contribution >= 0.6 is 11.3 Å². The molecule has 116 valence electrons. The Morgan fingerprint density at radius 3 is 2.91 bits per heavy atom. The summed E-state index contributed by atoms with van der Waals surface area (Å²) in [6.07, 6.45) is 4.87. The third-order valence-corrected chi connectivity index (χ3v) is 4.72. The van der Waals surface area contributed by atoms with Crippen molar-refractivity contribution in [2.45, 2.75) is 26.2 Å². The zero-order chi connectivity index (χ0) is 15.4. The standard InChI is InChI=1S/C16H20N4OS/c1-12(21)20-8-5-13(6-9-20)11-14-3-2-4-15(18-14)19-16-17-7-10-22-16/h2-4,7,10,13H,5-6,8-9,11H2,1H3,(H,17,18,19). The fourth-order valence-corrected chi connectivity index (χ4v) is 3.34. The van der Waals surface area contributed by atoms with Gasteiger partial charge in [-0.05, 0) is 37.3 Å². The Kier molecular flexibility index (Phi) is 4.68. The number of hydrogen-bond acceptors (Lipinski definition) is 5. The van der Waals surface area contributed by atoms with E-state index in [0.29, 0.717) is 5.92 Å². The molecule has 0 unspecified atom stereocenters. The van der Waals surface area contributed by atoms with Gasteiger partial charge in [-0.1, -0.05) is 6.07 Å². The van der Waals surface area contributed by atoms with Crippen LogP contribution in [-0.2, 0) is 11.2 Å². The van der Waals surface area contributed by atoms with Gasteiger partial charge in [-0.3, -0.25) is 4.79 Å². The molecular weight excluding hydrogens is 296 g/mol. The highest BCUT2D eigenvalue weighted by Gasteiger charge is 2.21. The molecule has 1 aliphatic heterocycles. The van der Waals surface area contributed by atoms with Gasteiger partial charge in [-0.25, -0.2) is 9.97 Å². The maximum atomic E-state index is 11.4. The Morgan fingerprint density at radius 2 is 2.23 bits per heavy atom. The number of nitrogens with zero attached hydrogens (tertiary/aromatic N) is 3. The molecule has 1 aliphatic rings. The Balaban J connectivity index is 1.58. The minimum atomic E-state index is 0.186. The van der Waals surface area contributed by atoms with E-state index in [0.717, 1.165) is 49.0 Å². The SMILES string of the molecule is CC(=O)N1CCC(Cc2cccc(Nc3nccs3)n2)CC1. The van der Waals surface area contributed by atoms with Crippen LogP contribution in [0.1, 0.15) is 25.5 Å². The molecule has 3 heterocycles. The molecule has 0 radical (unpaired) electrons. The molecule has 22 heavy (non-hydrogen) atoms. The van der Waals surface area contributed by atoms with Crippen LogP contribution < -0.4 is 5.32 Å². The number of anilines is 2. The van der Waals surface area contributed by atoms with Gasteiger partial charge in [0, 0.05) is 37.3 Å². The van der Waals surface area contributed by atoms with E-state index in [9.17, 15) is 4.79 Å². The van der Waals surface area contributed by atoms with Crippen molar-refractivity contribution in [1.29, 1.82) is 0 Å². The molecule has 3 rings (SSSR count). The molecule has 1 amide bonds. The smallest absolute Gasteiger partial charge is 0.219 e. The van der Waals surface area contributed by atoms with Crippen LogP contribution in [-0.4, -0.2) is 33.9 Å². The summed E-state index contributed by atoms with van der Waals surface area (Å²) in [5.74, 6) is 1.64. The van der Waals surface area contributed by atoms with E-state index in [2.05, 4.69) is 21.4 Å². The topological polar surface area (TPSA) is 58.1 Å². The second kappa shape index (κ2) is 6.87. The van der Waals surface area contributed by atoms with Crippen molar-refractivity contribution in [1.82, 2.24) is 14.9 Å². The largest absolute Gasteiger partial charge is 0.343 e. The molecule has 2 aromatic heterocycles. The first-order valence-corrected chi connectivity index (χ1v) is 8.46. The maximum Gasteiger partial charge on any atom is 0.219 e. The van der Waals surface area contributed by atoms with Crippen LogP contribution in [0.3, 0.4) is 0 Å². The van der Waals surface area contributed by atoms with Gasteiger partial charge in [-0.2, -0.15) is 0 Å². The Bertz CT molecular complexity index is 621. The first-order chi connectivity index (χ1) is 10.7. The summed E-state index contributed by atoms with van der Waals surface area (Å²) in [6.45, 7) is 3.39. The molecule has 2 aromatic rings. The van der Waals surface area contributed by atoms with Crippen LogP contribution in [0.25, 0.3) is 0 Å². The lowest BCUT2D eigenvalue weighted by Crippen LogP contribution is -2.37. The van der Waals surface area contributed by atoms with Gasteiger partial charge < -0.3 is 10.2 Å². The lowest BCUT2D eigenvalue weighted by molar-refractivity contribution is -0.130. The van der Waals surface area contributed by atoms with Gasteiger partial charge in [0.1, 0.15) is 5.82 Å². The van der Waals surface area contributed by atoms with Crippen molar-refractivity contribution in [3.05, 3.63) is 35.5 Å². The zero-order valence-corrected chi connectivity index (χ0v) is 13.5. The van der Waals surface area contributed by atoms with Crippen LogP contribution in [0.5, 0.6) is 0 Å². The second-order valence-electron chi connectivity index (χ2n) is 5.63. The monoisotopic (exact) mass is 316 g/mol. The van der Waals surface area contributed by atoms with Crippen LogP contribution in [0.4, 0.5) is 10.9 Å². The Labute approximate surface area is 134 Å². The van der Waals surface area contributed by atoms with Crippen molar-refractivity contribution in [2.24, 2.45) is 5.92 Å². The van der Waals surface area contributed by atoms with Gasteiger partial charge >= 0.3 is 0 Å². The number of pyridine rings is 1. The number of piperidine rings is 1. The number of carbonyl (C=O) groups excluding carboxylic acids is 1. The lowest BCUT2D eigenvalue weighted by Gasteiger charge is -2.31. The second-order valence-corrected chi connectivity index (χ2v) is 6.52. The predicted molar refractivity (Wildman–Crippen MR) is 88.3 cm³/mol. The van der Waals surface area contributed by atoms with Gasteiger partial charge in [0.05, 0.1) is 0 Å². The normalized spacial score (nSPS) is 15.8. The van der Waals surface area contributed by atoms with Gasteiger partial charge in [0.2, 0.25) is 5.91 Å². The molecule has 1 fully saturated rings. The predicted octanol–water partition coefficient (Wildman–Crippen LogP) is 3.08. The molecule has 0 aromatic carbocycles. The highest BCUT2D eigenvalue weighted by molar-refractivity contribution is 7.13. The van der Waals surface area contributed by atoms with Crippen molar-refractivity contribution >= 4 is 28.2 Å². The molecule has 5 nitrogen and oxygen atoms in total. The molecule has 6 heteroatoms. The molecule has 0 aliphatic carbocycles. The van der Waals surface area contributed by atoms with Crippen LogP contribution in [0.2, 0.25) is 0 Å². The number of nitrogens with one attached hydrogen (secondary N) is 1. The lowest BCUT2D eigenvalue weighted by atomic mass is 9.92. The average Bonchev–Trinajstić information content (AvgIpc) is 3.01. The number of aromatic nitrogens is 2. The Hall–Kier alpha value is -1.95. The van der Waals surface area contributed by atoms with E-state index >= 15 is 0 Å². The zero-order valence-electron chi connectivity index (χ0n) is 12.7. The summed E-state index contributed by atoms with van der Waals surface area (Å²) >= 11 is 1.56. The number of thiazole rings is 1. The Morgan fingerprint density at radius 1 is 1.41 bits per heavy atom. The molecule has 1 N–H and O–H groups in total. The fraction of sp³-hybridized carbons (Fsp3) is 0.438. The fourth-order valence-electron chi connectivity index (χ4n) is 2.81. The first-order valence-electron chi connectivity index (χ1n) is 7.58. The molecule has 1 saturated heterocycles. The molecule has 0 bridgehead atoms. The highest BCUT2D eigenvalue weighted by atomic mass is 32.1. The molecule has 0 spiro atoms. The van der Waals surface area contributed by atoms with Crippen molar-refractivity contribution in [3.8, 4) is 0 Å². The number of hydrogen-bond donors (Lipinski definition) is 1. The maximum absolute atomic E-state index is 11.4. The third kappa shape index (κ3) is 3.82. The molecular formula is C16H20N4OS. The summed E-state index contributed by atoms with van der Waals surface area (Å²) in [5, 5.41) is 6.03. The minimum Gasteiger partial charge on any atom is -0.343 e. The number of amides is 1. The van der Waals surface area contributed by atoms with Crippen molar-refractivity contribution in [2.75, 3.05) is 18.4 Å². The molecule has 0 saturated carbocycles. The van der Waals surface area contributed by atoms with E-state index in [-0.39, 0.29) is 5.91 Å². The minimum absolute atomic E-state index is 0.186. The van der Waals surface area contributed by atoms with E-state index in [4.69, 9.17) is 0 Å². The summed E-state index contributed by atoms with van der Waals surface area (Å²) in [7, 11) is 0. The summed E-state index contributed by atoms with van der Waals surface area (Å²) < 4.78 is 0. The first kappa shape index (κ1) is 15.0. The van der Waals surface area contributed by atoms with Crippen molar-refractivity contribution < 1.29 is 4.79 Å². The summed E-state index contributed by atoms with van der Waals surface area (Å²) in [4.78, 5) is 22.2. The summed E-state index contributed by atoms with van der Waals surface area (Å²) in [5.41, 5.74) is 1.10. The third-order valence-electron chi connectivity index (χ3n) is 4.03. The van der Waals surface area contributed by atoms with Crippen molar-refractivity contribution in [3.63, 3.8) is 0 Å². The van der Waals surface area contributed by atoms with E-state index in [1.54, 1.807) is 24.5 Å².